The van der Waals surface area contributed by atoms with Gasteiger partial charge in [-0.25, -0.2) is 9.97 Å². The first kappa shape index (κ1) is 39.0. The van der Waals surface area contributed by atoms with Gasteiger partial charge in [-0.15, -0.1) is 0 Å². The maximum atomic E-state index is 13.7. The van der Waals surface area contributed by atoms with Gasteiger partial charge in [0.15, 0.2) is 5.58 Å². The summed E-state index contributed by atoms with van der Waals surface area (Å²) in [6.45, 7) is 8.57. The minimum atomic E-state index is -0.699. The van der Waals surface area contributed by atoms with E-state index in [1.165, 1.54) is 18.4 Å². The number of carbonyl (C=O) groups excluding carboxylic acids is 4. The average Bonchev–Trinajstić information content (AvgIpc) is 4.02. The van der Waals surface area contributed by atoms with Gasteiger partial charge in [0.25, 0.3) is 11.8 Å². The van der Waals surface area contributed by atoms with Gasteiger partial charge in [-0.1, -0.05) is 12.2 Å². The molecule has 300 valence electrons. The molecule has 0 unspecified atom stereocenters. The summed E-state index contributed by atoms with van der Waals surface area (Å²) in [6, 6.07) is 9.56. The van der Waals surface area contributed by atoms with Crippen LogP contribution < -0.4 is 26.8 Å². The highest BCUT2D eigenvalue weighted by Crippen LogP contribution is 2.34. The van der Waals surface area contributed by atoms with Crippen LogP contribution in [0.2, 0.25) is 0 Å². The van der Waals surface area contributed by atoms with Gasteiger partial charge in [-0.2, -0.15) is 10.2 Å². The molecule has 0 aliphatic rings. The Morgan fingerprint density at radius 2 is 1.38 bits per heavy atom. The van der Waals surface area contributed by atoms with E-state index >= 15 is 0 Å². The van der Waals surface area contributed by atoms with Gasteiger partial charge in [-0.3, -0.25) is 39.2 Å². The number of aliphatic hydroxyl groups is 1. The Balaban J connectivity index is 1.30. The number of aromatic nitrogens is 8. The number of aliphatic hydroxyl groups excluding tert-OH is 1. The van der Waals surface area contributed by atoms with Crippen LogP contribution in [-0.2, 0) is 26.2 Å². The first-order valence-electron chi connectivity index (χ1n) is 18.6. The fraction of sp³-hybridized carbons (Fsp3) is 0.282. The molecule has 58 heavy (non-hydrogen) atoms. The second-order valence-electron chi connectivity index (χ2n) is 13.4. The molecule has 7 N–H and O–H groups in total. The lowest BCUT2D eigenvalue weighted by Crippen LogP contribution is -2.20. The van der Waals surface area contributed by atoms with E-state index in [1.54, 1.807) is 56.6 Å². The lowest BCUT2D eigenvalue weighted by atomic mass is 10.1. The summed E-state index contributed by atoms with van der Waals surface area (Å²) in [5, 5.41) is 24.5. The molecule has 0 saturated heterocycles. The second-order valence-corrected chi connectivity index (χ2v) is 13.4. The summed E-state index contributed by atoms with van der Waals surface area (Å²) in [5.74, 6) is -1.66. The molecule has 2 aromatic carbocycles. The lowest BCUT2D eigenvalue weighted by molar-refractivity contribution is 0.0992. The van der Waals surface area contributed by atoms with Gasteiger partial charge >= 0.3 is 0 Å². The highest BCUT2D eigenvalue weighted by molar-refractivity contribution is 6.14. The molecular weight excluding hydrogens is 749 g/mol. The topological polar surface area (TPSA) is 258 Å². The third kappa shape index (κ3) is 7.37. The summed E-state index contributed by atoms with van der Waals surface area (Å²) < 4.78 is 18.5. The first-order chi connectivity index (χ1) is 27.9. The number of rotatable bonds is 16. The smallest absolute Gasteiger partial charge is 0.276 e. The minimum absolute atomic E-state index is 0.117. The fourth-order valence-corrected chi connectivity index (χ4v) is 6.84. The first-order valence-corrected chi connectivity index (χ1v) is 18.6. The van der Waals surface area contributed by atoms with E-state index in [9.17, 15) is 24.3 Å². The van der Waals surface area contributed by atoms with E-state index in [-0.39, 0.29) is 55.1 Å². The number of carbonyl (C=O) groups is 4. The Hall–Kier alpha value is -7.28. The Morgan fingerprint density at radius 3 is 1.91 bits per heavy atom. The molecule has 19 heteroatoms. The lowest BCUT2D eigenvalue weighted by Gasteiger charge is -2.13. The number of allylic oxidation sites excluding steroid dienone is 2. The second kappa shape index (κ2) is 16.1. The number of hydrogen-bond acceptors (Lipinski definition) is 11. The molecule has 7 rings (SSSR count). The number of fused-ring (bicyclic) bond motifs is 4. The molecule has 0 radical (unpaired) electrons. The zero-order chi connectivity index (χ0) is 41.2. The molecule has 4 amide bonds. The number of ether oxygens (including phenoxy) is 1. The standard InChI is InChI=1S/C39H42N12O7/c1-5-50-28(16-21(3)46-50)36(55)44-38-42-26-18-23(34(40)53)19-30(57-14-9-13-52)31(26)48(38)11-7-8-12-49-32-27(20-25(35(41)54)24-10-15-58-33(24)32)43-39(49)45-37(56)29-17-22(4)47-51(29)6-2/h7-8,10,15-20,52H,5-6,9,11-14H2,1-4H3,(H2,40,53)(H2,41,54)(H,42,44,55)(H,43,45,56). The van der Waals surface area contributed by atoms with E-state index in [4.69, 9.17) is 30.6 Å². The molecule has 0 saturated carbocycles. The third-order valence-electron chi connectivity index (χ3n) is 9.42. The molecule has 5 aromatic heterocycles. The van der Waals surface area contributed by atoms with Gasteiger partial charge < -0.3 is 34.9 Å². The minimum Gasteiger partial charge on any atom is -0.491 e. The van der Waals surface area contributed by atoms with Crippen molar-refractivity contribution in [2.45, 2.75) is 60.3 Å². The number of primary amides is 2. The summed E-state index contributed by atoms with van der Waals surface area (Å²) >= 11 is 0. The van der Waals surface area contributed by atoms with E-state index in [2.05, 4.69) is 20.8 Å². The molecule has 7 aromatic rings. The fourth-order valence-electron chi connectivity index (χ4n) is 6.84. The van der Waals surface area contributed by atoms with E-state index in [0.717, 1.165) is 0 Å². The van der Waals surface area contributed by atoms with Crippen LogP contribution in [0.4, 0.5) is 11.9 Å². The van der Waals surface area contributed by atoms with Crippen LogP contribution in [0.15, 0.2) is 59.2 Å². The Kier molecular flexibility index (Phi) is 10.8. The molecule has 0 atom stereocenters. The molecular formula is C39H42N12O7. The number of furan rings is 1. The summed E-state index contributed by atoms with van der Waals surface area (Å²) in [7, 11) is 0. The maximum Gasteiger partial charge on any atom is 0.276 e. The van der Waals surface area contributed by atoms with Crippen LogP contribution >= 0.6 is 0 Å². The van der Waals surface area contributed by atoms with E-state index in [0.29, 0.717) is 75.3 Å². The maximum absolute atomic E-state index is 13.7. The average molecular weight is 791 g/mol. The van der Waals surface area contributed by atoms with Crippen LogP contribution in [0.3, 0.4) is 0 Å². The molecule has 0 aliphatic carbocycles. The number of nitrogens with one attached hydrogen (secondary N) is 2. The van der Waals surface area contributed by atoms with Crippen molar-refractivity contribution in [3.05, 3.63) is 88.7 Å². The van der Waals surface area contributed by atoms with Crippen molar-refractivity contribution in [3.63, 3.8) is 0 Å². The zero-order valence-corrected chi connectivity index (χ0v) is 32.3. The molecule has 5 heterocycles. The number of amides is 4. The van der Waals surface area contributed by atoms with Crippen LogP contribution in [0, 0.1) is 13.8 Å². The number of nitrogens with zero attached hydrogens (tertiary/aromatic N) is 8. The number of nitrogens with two attached hydrogens (primary N) is 2. The largest absolute Gasteiger partial charge is 0.491 e. The predicted octanol–water partition coefficient (Wildman–Crippen LogP) is 3.90. The Labute approximate surface area is 330 Å². The van der Waals surface area contributed by atoms with Crippen molar-refractivity contribution in [2.75, 3.05) is 23.8 Å². The number of imidazole rings is 2. The van der Waals surface area contributed by atoms with Gasteiger partial charge in [0, 0.05) is 50.2 Å². The number of hydrogen-bond donors (Lipinski definition) is 5. The van der Waals surface area contributed by atoms with Gasteiger partial charge in [0.05, 0.1) is 40.9 Å². The Bertz CT molecular complexity index is 2760. The normalized spacial score (nSPS) is 11.7. The molecule has 0 spiro atoms. The molecule has 0 aliphatic heterocycles. The van der Waals surface area contributed by atoms with Crippen LogP contribution in [0.5, 0.6) is 5.75 Å². The van der Waals surface area contributed by atoms with Gasteiger partial charge in [-0.05, 0) is 64.1 Å². The molecule has 19 nitrogen and oxygen atoms in total. The van der Waals surface area contributed by atoms with Crippen molar-refractivity contribution in [1.29, 1.82) is 0 Å². The highest BCUT2D eigenvalue weighted by Gasteiger charge is 2.24. The van der Waals surface area contributed by atoms with Crippen molar-refractivity contribution < 1.29 is 33.4 Å². The Morgan fingerprint density at radius 1 is 0.810 bits per heavy atom. The SMILES string of the molecule is CCn1nc(C)cc1C(=O)Nc1nc2cc(C(N)=O)cc(OCCCO)c2n1CC=CCn1c(NC(=O)c2cc(C)nn2CC)nc2cc(C(N)=O)c3ccoc3c21. The van der Waals surface area contributed by atoms with E-state index in [1.807, 2.05) is 26.0 Å². The highest BCUT2D eigenvalue weighted by atomic mass is 16.5. The molecule has 0 fully saturated rings. The van der Waals surface area contributed by atoms with Crippen molar-refractivity contribution >= 4 is 68.6 Å². The quantitative estimate of drug-likeness (QED) is 0.0693. The summed E-state index contributed by atoms with van der Waals surface area (Å²) in [4.78, 5) is 61.5. The number of aryl methyl sites for hydroxylation is 4. The van der Waals surface area contributed by atoms with Crippen molar-refractivity contribution in [1.82, 2.24) is 38.7 Å². The monoisotopic (exact) mass is 790 g/mol. The summed E-state index contributed by atoms with van der Waals surface area (Å²) in [6.07, 6.45) is 5.41. The van der Waals surface area contributed by atoms with Crippen molar-refractivity contribution in [2.24, 2.45) is 11.5 Å². The third-order valence-corrected chi connectivity index (χ3v) is 9.42. The summed E-state index contributed by atoms with van der Waals surface area (Å²) in [5.41, 5.74) is 15.8. The predicted molar refractivity (Wildman–Crippen MR) is 214 cm³/mol. The van der Waals surface area contributed by atoms with Gasteiger partial charge in [0.1, 0.15) is 28.2 Å². The zero-order valence-electron chi connectivity index (χ0n) is 32.3. The van der Waals surface area contributed by atoms with Crippen LogP contribution in [-0.4, -0.2) is 80.6 Å². The molecule has 0 bridgehead atoms. The van der Waals surface area contributed by atoms with E-state index < -0.39 is 23.6 Å². The van der Waals surface area contributed by atoms with Crippen molar-refractivity contribution in [3.8, 4) is 5.75 Å². The van der Waals surface area contributed by atoms with Gasteiger partial charge in [0.2, 0.25) is 23.7 Å². The van der Waals surface area contributed by atoms with Crippen LogP contribution in [0.1, 0.15) is 73.3 Å². The van der Waals surface area contributed by atoms with Crippen LogP contribution in [0.25, 0.3) is 33.0 Å². The number of anilines is 2. The number of benzene rings is 2.